The lowest BCUT2D eigenvalue weighted by atomic mass is 10.0. The average molecular weight is 939 g/mol. The molecule has 3 rings (SSSR count). The van der Waals surface area contributed by atoms with Crippen molar-refractivity contribution in [2.75, 3.05) is 43.5 Å². The summed E-state index contributed by atoms with van der Waals surface area (Å²) in [6.07, 6.45) is 7.23. The number of ether oxygens (including phenoxy) is 1. The molecule has 1 heterocycles. The van der Waals surface area contributed by atoms with Gasteiger partial charge in [-0.2, -0.15) is 13.5 Å². The molecule has 2 unspecified atom stereocenters. The molecule has 0 aliphatic rings. The molecule has 0 fully saturated rings. The van der Waals surface area contributed by atoms with Crippen LogP contribution in [0.5, 0.6) is 0 Å². The molecular weight excluding hydrogens is 889 g/mol. The Bertz CT molecular complexity index is 2050. The fourth-order valence-electron chi connectivity index (χ4n) is 4.66. The van der Waals surface area contributed by atoms with Gasteiger partial charge in [0.15, 0.2) is 11.5 Å². The summed E-state index contributed by atoms with van der Waals surface area (Å²) >= 11 is 11.9. The van der Waals surface area contributed by atoms with E-state index >= 15 is 0 Å². The van der Waals surface area contributed by atoms with Gasteiger partial charge in [0.25, 0.3) is 5.69 Å². The van der Waals surface area contributed by atoms with E-state index in [-0.39, 0.29) is 62.8 Å². The Labute approximate surface area is 356 Å². The van der Waals surface area contributed by atoms with Gasteiger partial charge >= 0.3 is 29.9 Å². The van der Waals surface area contributed by atoms with Crippen LogP contribution in [0.3, 0.4) is 0 Å². The summed E-state index contributed by atoms with van der Waals surface area (Å²) < 4.78 is 55.4. The number of nitrogens with one attached hydrogen (secondary N) is 2. The van der Waals surface area contributed by atoms with Gasteiger partial charge in [-0.15, -0.1) is 16.7 Å². The topological polar surface area (TPSA) is 274 Å². The zero-order chi connectivity index (χ0) is 46.8. The van der Waals surface area contributed by atoms with Gasteiger partial charge in [0.05, 0.1) is 48.1 Å². The van der Waals surface area contributed by atoms with Crippen LogP contribution in [-0.2, 0) is 36.2 Å². The fraction of sp³-hybridized carbons (Fsp3) is 0.529. The van der Waals surface area contributed by atoms with Crippen LogP contribution in [0.1, 0.15) is 62.7 Å². The van der Waals surface area contributed by atoms with Gasteiger partial charge in [-0.25, -0.2) is 13.8 Å². The largest absolute Gasteiger partial charge is 0.778 e. The fourth-order valence-corrected chi connectivity index (χ4v) is 5.51. The maximum Gasteiger partial charge on any atom is 0.355 e. The minimum Gasteiger partial charge on any atom is -0.778 e. The molecule has 2 aromatic carbocycles. The number of carbonyl (C=O) groups is 2. The van der Waals surface area contributed by atoms with Crippen LogP contribution in [-0.4, -0.2) is 95.8 Å². The van der Waals surface area contributed by atoms with Crippen molar-refractivity contribution in [3.63, 3.8) is 0 Å². The Kier molecular flexibility index (Phi) is 24.3. The van der Waals surface area contributed by atoms with Gasteiger partial charge in [0.1, 0.15) is 24.5 Å². The highest BCUT2D eigenvalue weighted by Gasteiger charge is 2.30. The first-order chi connectivity index (χ1) is 27.6. The Morgan fingerprint density at radius 3 is 2.03 bits per heavy atom. The van der Waals surface area contributed by atoms with Crippen molar-refractivity contribution in [1.29, 1.82) is 0 Å². The number of benzene rings is 2. The molecule has 2 atom stereocenters. The summed E-state index contributed by atoms with van der Waals surface area (Å²) in [5.74, 6) is -3.09. The van der Waals surface area contributed by atoms with Crippen molar-refractivity contribution in [2.24, 2.45) is 0 Å². The van der Waals surface area contributed by atoms with Gasteiger partial charge in [0, 0.05) is 29.1 Å². The molecule has 60 heavy (non-hydrogen) atoms. The zero-order valence-electron chi connectivity index (χ0n) is 34.2. The molecule has 26 heteroatoms. The molecule has 0 aliphatic heterocycles. The van der Waals surface area contributed by atoms with Gasteiger partial charge in [-0.05, 0) is 74.7 Å². The summed E-state index contributed by atoms with van der Waals surface area (Å²) in [6, 6.07) is 3.38. The molecule has 0 spiro atoms. The van der Waals surface area contributed by atoms with E-state index in [9.17, 15) is 57.2 Å². The summed E-state index contributed by atoms with van der Waals surface area (Å²) in [5.41, 5.74) is -0.811. The number of halogens is 5. The number of aromatic nitrogens is 3. The number of anilines is 1. The quantitative estimate of drug-likeness (QED) is 0.0339. The number of rotatable bonds is 16. The standard InChI is InChI=1S/C15H14Cl2F3N3O3.C13H19N3O4.C3H8NO5P.C3H9S/c1-3-26-13(24)10(17)4-8-5-12(11(18)6-9(8)16)23-15(25)22(14(19)20)7(2)21-23;1-5-10(6-2)14-12-11(15(17)18)7-8(3)9(4)13(12)16(19)20;5-3(6)1-4-2-10(7,8)9;1-4(2)3/h5-6,10,14H,3-4H2,1-2H3;7,10,14H,5-6H2,1-4H3;4H,1-2H2,(H,5,6)(H2,7,8,9);1-3H3/q;;;+1/p-1. The Morgan fingerprint density at radius 1 is 1.07 bits per heavy atom. The van der Waals surface area contributed by atoms with Crippen LogP contribution in [0, 0.1) is 46.8 Å². The van der Waals surface area contributed by atoms with E-state index in [4.69, 9.17) is 37.9 Å². The number of carboxylic acid groups (broad SMARTS) is 1. The van der Waals surface area contributed by atoms with Crippen molar-refractivity contribution in [3.05, 3.63) is 82.3 Å². The van der Waals surface area contributed by atoms with Gasteiger partial charge in [-0.1, -0.05) is 25.4 Å². The van der Waals surface area contributed by atoms with Crippen LogP contribution >= 0.6 is 30.8 Å². The highest BCUT2D eigenvalue weighted by atomic mass is 35.5. The summed E-state index contributed by atoms with van der Waals surface area (Å²) in [7, 11) is -3.71. The van der Waals surface area contributed by atoms with E-state index < -0.39 is 65.6 Å². The highest BCUT2D eigenvalue weighted by Crippen LogP contribution is 2.39. The van der Waals surface area contributed by atoms with E-state index in [2.05, 4.69) is 29.2 Å². The molecule has 3 aromatic rings. The number of nitro benzene ring substituents is 2. The third kappa shape index (κ3) is 18.6. The van der Waals surface area contributed by atoms with Gasteiger partial charge in [0.2, 0.25) is 0 Å². The number of hydrogen-bond acceptors (Lipinski definition) is 13. The van der Waals surface area contributed by atoms with Crippen molar-refractivity contribution in [2.45, 2.75) is 78.8 Å². The second-order valence-electron chi connectivity index (χ2n) is 12.8. The van der Waals surface area contributed by atoms with Crippen molar-refractivity contribution in [1.82, 2.24) is 19.7 Å². The Hall–Kier alpha value is -4.25. The molecule has 338 valence electrons. The second-order valence-corrected chi connectivity index (χ2v) is 17.8. The van der Waals surface area contributed by atoms with Crippen molar-refractivity contribution >= 4 is 70.7 Å². The molecular formula is C34H49Cl2F3N7O12PS. The van der Waals surface area contributed by atoms with E-state index in [0.29, 0.717) is 26.7 Å². The zero-order valence-corrected chi connectivity index (χ0v) is 37.4. The minimum absolute atomic E-state index is 0.0109. The van der Waals surface area contributed by atoms with Crippen LogP contribution in [0.2, 0.25) is 5.02 Å². The molecule has 0 bridgehead atoms. The average Bonchev–Trinajstić information content (AvgIpc) is 3.41. The van der Waals surface area contributed by atoms with Gasteiger partial charge < -0.3 is 29.5 Å². The Morgan fingerprint density at radius 2 is 1.62 bits per heavy atom. The normalized spacial score (nSPS) is 12.2. The lowest BCUT2D eigenvalue weighted by Gasteiger charge is -2.17. The maximum absolute atomic E-state index is 14.2. The van der Waals surface area contributed by atoms with Gasteiger partial charge in [-0.3, -0.25) is 35.1 Å². The predicted octanol–water partition coefficient (Wildman–Crippen LogP) is 5.62. The highest BCUT2D eigenvalue weighted by molar-refractivity contribution is 7.94. The molecule has 19 nitrogen and oxygen atoms in total. The molecule has 4 N–H and O–H groups in total. The number of aliphatic carboxylic acids is 1. The summed E-state index contributed by atoms with van der Waals surface area (Å²) in [6.45, 7) is 6.43. The van der Waals surface area contributed by atoms with E-state index in [1.165, 1.54) is 13.0 Å². The first kappa shape index (κ1) is 55.8. The SMILES string of the molecule is CCC(CC)Nc1c([N+](=O)[O-])cc(C)c(C)c1[N+](=O)[O-].CCOC(=O)C(Cl)Cc1cc(-n2nc(C)n(C(F)F)c2=O)c(F)cc1Cl.C[S+](C)C.O=C(O)CNCP(=O)([O-])O. The van der Waals surface area contributed by atoms with Crippen LogP contribution in [0.15, 0.2) is 23.0 Å². The number of esters is 1. The molecule has 0 radical (unpaired) electrons. The van der Waals surface area contributed by atoms with E-state index in [1.54, 1.807) is 20.8 Å². The van der Waals surface area contributed by atoms with Crippen LogP contribution in [0.25, 0.3) is 5.69 Å². The van der Waals surface area contributed by atoms with E-state index in [0.717, 1.165) is 25.0 Å². The second kappa shape index (κ2) is 26.2. The lowest BCUT2D eigenvalue weighted by Crippen LogP contribution is -2.25. The third-order valence-electron chi connectivity index (χ3n) is 7.56. The third-order valence-corrected chi connectivity index (χ3v) is 8.86. The molecule has 0 aliphatic carbocycles. The summed E-state index contributed by atoms with van der Waals surface area (Å²) in [5, 5.41) is 37.9. The van der Waals surface area contributed by atoms with Crippen molar-refractivity contribution < 1.29 is 56.8 Å². The first-order valence-corrected chi connectivity index (χ1v) is 22.6. The number of hydrogen-bond donors (Lipinski definition) is 4. The first-order valence-electron chi connectivity index (χ1n) is 17.5. The van der Waals surface area contributed by atoms with Crippen LogP contribution < -0.4 is 21.2 Å². The molecule has 0 saturated heterocycles. The maximum atomic E-state index is 14.2. The number of carboxylic acids is 1. The number of nitrogens with zero attached hydrogens (tertiary/aromatic N) is 5. The number of alkyl halides is 3. The molecule has 0 saturated carbocycles. The monoisotopic (exact) mass is 937 g/mol. The number of carbonyl (C=O) groups excluding carboxylic acids is 1. The minimum atomic E-state index is -4.35. The lowest BCUT2D eigenvalue weighted by molar-refractivity contribution is -0.392. The molecule has 0 amide bonds. The number of aryl methyl sites for hydroxylation is 2. The predicted molar refractivity (Wildman–Crippen MR) is 221 cm³/mol. The summed E-state index contributed by atoms with van der Waals surface area (Å²) in [4.78, 5) is 72.8. The van der Waals surface area contributed by atoms with Crippen molar-refractivity contribution in [3.8, 4) is 5.69 Å². The van der Waals surface area contributed by atoms with E-state index in [1.807, 2.05) is 19.2 Å². The smallest absolute Gasteiger partial charge is 0.355 e. The van der Waals surface area contributed by atoms with Crippen LogP contribution in [0.4, 0.5) is 30.2 Å². The molecule has 1 aromatic heterocycles. The number of nitro groups is 2. The Balaban J connectivity index is 0.000000901.